The lowest BCUT2D eigenvalue weighted by Crippen LogP contribution is -2.08. The van der Waals surface area contributed by atoms with Gasteiger partial charge in [-0.2, -0.15) is 0 Å². The van der Waals surface area contributed by atoms with Crippen molar-refractivity contribution in [1.29, 1.82) is 0 Å². The molecule has 0 atom stereocenters. The number of benzene rings is 2. The van der Waals surface area contributed by atoms with Gasteiger partial charge in [0.05, 0.1) is 15.9 Å². The summed E-state index contributed by atoms with van der Waals surface area (Å²) in [6.45, 7) is 1.26. The van der Waals surface area contributed by atoms with Crippen LogP contribution in [0.15, 0.2) is 42.5 Å². The first-order valence-corrected chi connectivity index (χ1v) is 7.52. The molecule has 0 amide bonds. The van der Waals surface area contributed by atoms with Gasteiger partial charge in [0.2, 0.25) is 5.78 Å². The van der Waals surface area contributed by atoms with Crippen LogP contribution in [0.1, 0.15) is 23.0 Å². The van der Waals surface area contributed by atoms with Gasteiger partial charge in [-0.15, -0.1) is 0 Å². The van der Waals surface area contributed by atoms with Crippen LogP contribution >= 0.6 is 23.2 Å². The standard InChI is InChI=1S/C17H11Cl2NO3/c1-9(21)23-17-14-12(19)7-11(18)8-13(14)20-15(17)16(22)10-5-3-2-4-6-10/h2-8,20H,1H3. The van der Waals surface area contributed by atoms with Crippen molar-refractivity contribution in [3.63, 3.8) is 0 Å². The molecule has 0 spiro atoms. The Morgan fingerprint density at radius 1 is 1.09 bits per heavy atom. The number of aromatic amines is 1. The van der Waals surface area contributed by atoms with Crippen molar-refractivity contribution in [3.05, 3.63) is 63.8 Å². The van der Waals surface area contributed by atoms with Crippen molar-refractivity contribution in [2.75, 3.05) is 0 Å². The van der Waals surface area contributed by atoms with E-state index in [4.69, 9.17) is 27.9 Å². The Hall–Kier alpha value is -2.30. The van der Waals surface area contributed by atoms with Gasteiger partial charge in [-0.05, 0) is 12.1 Å². The number of fused-ring (bicyclic) bond motifs is 1. The molecule has 0 saturated heterocycles. The summed E-state index contributed by atoms with van der Waals surface area (Å²) in [6.07, 6.45) is 0. The van der Waals surface area contributed by atoms with E-state index in [0.717, 1.165) is 0 Å². The molecule has 0 aliphatic rings. The van der Waals surface area contributed by atoms with E-state index in [1.165, 1.54) is 13.0 Å². The van der Waals surface area contributed by atoms with E-state index in [1.54, 1.807) is 30.3 Å². The molecule has 1 aromatic heterocycles. The number of carbonyl (C=O) groups excluding carboxylic acids is 2. The number of esters is 1. The van der Waals surface area contributed by atoms with Crippen molar-refractivity contribution in [1.82, 2.24) is 4.98 Å². The fourth-order valence-corrected chi connectivity index (χ4v) is 2.94. The number of ether oxygens (including phenoxy) is 1. The minimum Gasteiger partial charge on any atom is -0.424 e. The monoisotopic (exact) mass is 347 g/mol. The Morgan fingerprint density at radius 3 is 2.43 bits per heavy atom. The molecular weight excluding hydrogens is 337 g/mol. The van der Waals surface area contributed by atoms with Gasteiger partial charge in [-0.3, -0.25) is 9.59 Å². The molecule has 0 fully saturated rings. The summed E-state index contributed by atoms with van der Waals surface area (Å²) in [6, 6.07) is 11.8. The van der Waals surface area contributed by atoms with E-state index < -0.39 is 5.97 Å². The van der Waals surface area contributed by atoms with Crippen LogP contribution in [0, 0.1) is 0 Å². The lowest BCUT2D eigenvalue weighted by Gasteiger charge is -2.04. The summed E-state index contributed by atoms with van der Waals surface area (Å²) < 4.78 is 5.24. The summed E-state index contributed by atoms with van der Waals surface area (Å²) >= 11 is 12.2. The molecule has 0 bridgehead atoms. The van der Waals surface area contributed by atoms with Crippen LogP contribution in [0.3, 0.4) is 0 Å². The zero-order valence-corrected chi connectivity index (χ0v) is 13.5. The normalized spacial score (nSPS) is 10.7. The third-order valence-electron chi connectivity index (χ3n) is 3.28. The minimum atomic E-state index is -0.543. The second-order valence-corrected chi connectivity index (χ2v) is 5.77. The average Bonchev–Trinajstić information content (AvgIpc) is 2.85. The second kappa shape index (κ2) is 6.07. The van der Waals surface area contributed by atoms with Crippen LogP contribution in [0.5, 0.6) is 5.75 Å². The fourth-order valence-electron chi connectivity index (χ4n) is 2.36. The number of rotatable bonds is 3. The van der Waals surface area contributed by atoms with Crippen LogP contribution in [-0.2, 0) is 4.79 Å². The topological polar surface area (TPSA) is 59.2 Å². The van der Waals surface area contributed by atoms with Gasteiger partial charge in [0, 0.05) is 17.5 Å². The summed E-state index contributed by atoms with van der Waals surface area (Å²) in [4.78, 5) is 27.1. The Labute approximate surface area is 142 Å². The molecule has 6 heteroatoms. The molecule has 0 saturated carbocycles. The lowest BCUT2D eigenvalue weighted by molar-refractivity contribution is -0.131. The molecule has 2 aromatic carbocycles. The van der Waals surface area contributed by atoms with Gasteiger partial charge in [0.15, 0.2) is 5.75 Å². The van der Waals surface area contributed by atoms with Crippen molar-refractivity contribution in [2.24, 2.45) is 0 Å². The fraction of sp³-hybridized carbons (Fsp3) is 0.0588. The molecule has 3 rings (SSSR count). The summed E-state index contributed by atoms with van der Waals surface area (Å²) in [5, 5.41) is 1.16. The van der Waals surface area contributed by atoms with Crippen LogP contribution in [-0.4, -0.2) is 16.7 Å². The van der Waals surface area contributed by atoms with Crippen molar-refractivity contribution in [2.45, 2.75) is 6.92 Å². The Bertz CT molecular complexity index is 916. The van der Waals surface area contributed by atoms with E-state index in [1.807, 2.05) is 6.07 Å². The predicted molar refractivity (Wildman–Crippen MR) is 89.5 cm³/mol. The van der Waals surface area contributed by atoms with E-state index in [9.17, 15) is 9.59 Å². The zero-order valence-electron chi connectivity index (χ0n) is 12.0. The molecule has 0 radical (unpaired) electrons. The van der Waals surface area contributed by atoms with Crippen LogP contribution < -0.4 is 4.74 Å². The smallest absolute Gasteiger partial charge is 0.308 e. The van der Waals surface area contributed by atoms with Gasteiger partial charge in [-0.25, -0.2) is 0 Å². The first-order chi connectivity index (χ1) is 11.0. The highest BCUT2D eigenvalue weighted by Crippen LogP contribution is 2.38. The van der Waals surface area contributed by atoms with E-state index in [2.05, 4.69) is 4.98 Å². The Kier molecular flexibility index (Phi) is 4.11. The molecule has 23 heavy (non-hydrogen) atoms. The number of H-pyrrole nitrogens is 1. The maximum absolute atomic E-state index is 12.7. The molecule has 0 aliphatic heterocycles. The summed E-state index contributed by atoms with van der Waals surface area (Å²) in [5.74, 6) is -0.729. The molecule has 1 heterocycles. The van der Waals surface area contributed by atoms with Crippen LogP contribution in [0.2, 0.25) is 10.0 Å². The number of halogens is 2. The number of hydrogen-bond donors (Lipinski definition) is 1. The Morgan fingerprint density at radius 2 is 1.78 bits per heavy atom. The second-order valence-electron chi connectivity index (χ2n) is 4.93. The van der Waals surface area contributed by atoms with Crippen molar-refractivity contribution < 1.29 is 14.3 Å². The van der Waals surface area contributed by atoms with Crippen molar-refractivity contribution >= 4 is 45.9 Å². The zero-order chi connectivity index (χ0) is 16.6. The first kappa shape index (κ1) is 15.6. The number of carbonyl (C=O) groups is 2. The van der Waals surface area contributed by atoms with Gasteiger partial charge < -0.3 is 9.72 Å². The Balaban J connectivity index is 2.25. The number of ketones is 1. The molecule has 0 aliphatic carbocycles. The van der Waals surface area contributed by atoms with Gasteiger partial charge in [-0.1, -0.05) is 53.5 Å². The lowest BCUT2D eigenvalue weighted by atomic mass is 10.1. The molecule has 116 valence electrons. The SMILES string of the molecule is CC(=O)Oc1c(C(=O)c2ccccc2)[nH]c2cc(Cl)cc(Cl)c12. The molecule has 0 unspecified atom stereocenters. The molecule has 1 N–H and O–H groups in total. The van der Waals surface area contributed by atoms with Crippen LogP contribution in [0.25, 0.3) is 10.9 Å². The summed E-state index contributed by atoms with van der Waals surface area (Å²) in [5.41, 5.74) is 1.15. The maximum atomic E-state index is 12.7. The minimum absolute atomic E-state index is 0.114. The average molecular weight is 348 g/mol. The highest BCUT2D eigenvalue weighted by Gasteiger charge is 2.23. The third kappa shape index (κ3) is 2.96. The van der Waals surface area contributed by atoms with E-state index in [-0.39, 0.29) is 17.2 Å². The maximum Gasteiger partial charge on any atom is 0.308 e. The highest BCUT2D eigenvalue weighted by atomic mass is 35.5. The third-order valence-corrected chi connectivity index (χ3v) is 3.79. The number of nitrogens with one attached hydrogen (secondary N) is 1. The molecular formula is C17H11Cl2NO3. The van der Waals surface area contributed by atoms with Gasteiger partial charge in [0.25, 0.3) is 0 Å². The molecule has 3 aromatic rings. The largest absolute Gasteiger partial charge is 0.424 e. The van der Waals surface area contributed by atoms with Gasteiger partial charge in [0.1, 0.15) is 5.69 Å². The summed E-state index contributed by atoms with van der Waals surface area (Å²) in [7, 11) is 0. The number of hydrogen-bond acceptors (Lipinski definition) is 3. The molecule has 4 nitrogen and oxygen atoms in total. The van der Waals surface area contributed by atoms with E-state index >= 15 is 0 Å². The predicted octanol–water partition coefficient (Wildman–Crippen LogP) is 4.63. The van der Waals surface area contributed by atoms with Gasteiger partial charge >= 0.3 is 5.97 Å². The van der Waals surface area contributed by atoms with Crippen LogP contribution in [0.4, 0.5) is 0 Å². The highest BCUT2D eigenvalue weighted by molar-refractivity contribution is 6.39. The quantitative estimate of drug-likeness (QED) is 0.555. The van der Waals surface area contributed by atoms with E-state index in [0.29, 0.717) is 26.5 Å². The number of aromatic nitrogens is 1. The first-order valence-electron chi connectivity index (χ1n) is 6.76. The van der Waals surface area contributed by atoms with Crippen molar-refractivity contribution in [3.8, 4) is 5.75 Å².